The van der Waals surface area contributed by atoms with Crippen molar-refractivity contribution in [1.82, 2.24) is 4.98 Å². The van der Waals surface area contributed by atoms with Crippen LogP contribution in [0.1, 0.15) is 27.9 Å². The smallest absolute Gasteiger partial charge is 0.416 e. The van der Waals surface area contributed by atoms with Gasteiger partial charge in [0.2, 0.25) is 5.88 Å². The Morgan fingerprint density at radius 3 is 2.46 bits per heavy atom. The van der Waals surface area contributed by atoms with E-state index in [0.29, 0.717) is 11.8 Å². The Morgan fingerprint density at radius 2 is 1.79 bits per heavy atom. The first-order valence-electron chi connectivity index (χ1n) is 7.35. The van der Waals surface area contributed by atoms with Crippen LogP contribution in [0.25, 0.3) is 10.9 Å². The number of fused-ring (bicyclic) bond motifs is 1. The molecule has 1 aromatic heterocycles. The number of nitrogens with one attached hydrogen (secondary N) is 1. The molecule has 6 heteroatoms. The van der Waals surface area contributed by atoms with E-state index >= 15 is 0 Å². The summed E-state index contributed by atoms with van der Waals surface area (Å²) in [7, 11) is 0. The van der Waals surface area contributed by atoms with Crippen LogP contribution in [0.5, 0.6) is 5.88 Å². The van der Waals surface area contributed by atoms with E-state index in [1.165, 1.54) is 6.07 Å². The third kappa shape index (κ3) is 3.13. The molecule has 0 aliphatic carbocycles. The average molecular weight is 333 g/mol. The van der Waals surface area contributed by atoms with Gasteiger partial charge in [0, 0.05) is 17.3 Å². The highest BCUT2D eigenvalue weighted by molar-refractivity contribution is 6.10. The zero-order valence-corrected chi connectivity index (χ0v) is 12.5. The fourth-order valence-electron chi connectivity index (χ4n) is 2.67. The van der Waals surface area contributed by atoms with Crippen LogP contribution in [0.3, 0.4) is 0 Å². The highest BCUT2D eigenvalue weighted by atomic mass is 19.4. The molecule has 3 aromatic rings. The standard InChI is InChI=1S/C18H14F3NO2/c19-18(20,21)12-7-8-13-14(10-12)22-17(24)16(13)15(23)9-6-11-4-2-1-3-5-11/h1-5,7-8,10,22,24H,6,9H2. The van der Waals surface area contributed by atoms with Crippen molar-refractivity contribution in [2.75, 3.05) is 0 Å². The van der Waals surface area contributed by atoms with E-state index < -0.39 is 17.6 Å². The minimum Gasteiger partial charge on any atom is -0.494 e. The Balaban J connectivity index is 1.88. The minimum absolute atomic E-state index is 0.0367. The van der Waals surface area contributed by atoms with Crippen LogP contribution >= 0.6 is 0 Å². The summed E-state index contributed by atoms with van der Waals surface area (Å²) in [5.41, 5.74) is 0.268. The van der Waals surface area contributed by atoms with Gasteiger partial charge in [-0.25, -0.2) is 0 Å². The molecule has 0 saturated heterocycles. The zero-order chi connectivity index (χ0) is 17.3. The highest BCUT2D eigenvalue weighted by Crippen LogP contribution is 2.34. The molecule has 2 aromatic carbocycles. The Kier molecular flexibility index (Phi) is 4.05. The SMILES string of the molecule is O=C(CCc1ccccc1)c1c(O)[nH]c2cc(C(F)(F)F)ccc12. The van der Waals surface area contributed by atoms with E-state index in [9.17, 15) is 23.1 Å². The van der Waals surface area contributed by atoms with E-state index in [1.807, 2.05) is 30.3 Å². The lowest BCUT2D eigenvalue weighted by atomic mass is 10.0. The van der Waals surface area contributed by atoms with Crippen molar-refractivity contribution in [1.29, 1.82) is 0 Å². The molecule has 24 heavy (non-hydrogen) atoms. The average Bonchev–Trinajstić information content (AvgIpc) is 2.87. The number of H-pyrrole nitrogens is 1. The van der Waals surface area contributed by atoms with Gasteiger partial charge in [-0.2, -0.15) is 13.2 Å². The molecule has 0 spiro atoms. The van der Waals surface area contributed by atoms with Crippen LogP contribution in [-0.2, 0) is 12.6 Å². The topological polar surface area (TPSA) is 53.1 Å². The summed E-state index contributed by atoms with van der Waals surface area (Å²) in [4.78, 5) is 14.8. The molecule has 0 radical (unpaired) electrons. The van der Waals surface area contributed by atoms with Crippen LogP contribution < -0.4 is 0 Å². The number of hydrogen-bond donors (Lipinski definition) is 2. The molecule has 0 fully saturated rings. The van der Waals surface area contributed by atoms with Gasteiger partial charge in [-0.05, 0) is 24.1 Å². The minimum atomic E-state index is -4.48. The van der Waals surface area contributed by atoms with E-state index in [1.54, 1.807) is 0 Å². The van der Waals surface area contributed by atoms with Crippen molar-refractivity contribution in [3.05, 3.63) is 65.2 Å². The monoisotopic (exact) mass is 333 g/mol. The fraction of sp³-hybridized carbons (Fsp3) is 0.167. The molecule has 0 aliphatic heterocycles. The quantitative estimate of drug-likeness (QED) is 0.680. The maximum atomic E-state index is 12.7. The van der Waals surface area contributed by atoms with Crippen molar-refractivity contribution in [2.24, 2.45) is 0 Å². The Morgan fingerprint density at radius 1 is 1.08 bits per heavy atom. The lowest BCUT2D eigenvalue weighted by molar-refractivity contribution is -0.137. The summed E-state index contributed by atoms with van der Waals surface area (Å²) < 4.78 is 38.2. The second-order valence-corrected chi connectivity index (χ2v) is 5.52. The van der Waals surface area contributed by atoms with Gasteiger partial charge in [0.25, 0.3) is 0 Å². The molecular formula is C18H14F3NO2. The number of Topliss-reactive ketones (excluding diaryl/α,β-unsaturated/α-hetero) is 1. The molecule has 3 nitrogen and oxygen atoms in total. The van der Waals surface area contributed by atoms with Crippen molar-refractivity contribution in [3.8, 4) is 5.88 Å². The number of aromatic hydroxyl groups is 1. The number of carbonyl (C=O) groups is 1. The first-order valence-corrected chi connectivity index (χ1v) is 7.35. The molecule has 0 aliphatic rings. The van der Waals surface area contributed by atoms with Crippen molar-refractivity contribution >= 4 is 16.7 Å². The maximum Gasteiger partial charge on any atom is 0.416 e. The second-order valence-electron chi connectivity index (χ2n) is 5.52. The number of aromatic amines is 1. The third-order valence-corrected chi connectivity index (χ3v) is 3.87. The Hall–Kier alpha value is -2.76. The number of benzene rings is 2. The number of aromatic nitrogens is 1. The molecule has 0 amide bonds. The van der Waals surface area contributed by atoms with E-state index in [4.69, 9.17) is 0 Å². The first kappa shape index (κ1) is 16.1. The molecule has 0 unspecified atom stereocenters. The fourth-order valence-corrected chi connectivity index (χ4v) is 2.67. The van der Waals surface area contributed by atoms with E-state index in [-0.39, 0.29) is 23.3 Å². The van der Waals surface area contributed by atoms with Crippen LogP contribution in [0.4, 0.5) is 13.2 Å². The van der Waals surface area contributed by atoms with Gasteiger partial charge in [-0.15, -0.1) is 0 Å². The largest absolute Gasteiger partial charge is 0.494 e. The first-order chi connectivity index (χ1) is 11.4. The van der Waals surface area contributed by atoms with Crippen molar-refractivity contribution in [3.63, 3.8) is 0 Å². The van der Waals surface area contributed by atoms with Gasteiger partial charge in [0.1, 0.15) is 0 Å². The van der Waals surface area contributed by atoms with Crippen LogP contribution in [0, 0.1) is 0 Å². The van der Waals surface area contributed by atoms with Gasteiger partial charge < -0.3 is 10.1 Å². The van der Waals surface area contributed by atoms with Gasteiger partial charge in [0.05, 0.1) is 11.1 Å². The summed E-state index contributed by atoms with van der Waals surface area (Å²) >= 11 is 0. The van der Waals surface area contributed by atoms with Crippen LogP contribution in [0.2, 0.25) is 0 Å². The zero-order valence-electron chi connectivity index (χ0n) is 12.5. The van der Waals surface area contributed by atoms with E-state index in [0.717, 1.165) is 17.7 Å². The van der Waals surface area contributed by atoms with Crippen molar-refractivity contribution in [2.45, 2.75) is 19.0 Å². The van der Waals surface area contributed by atoms with Crippen LogP contribution in [-0.4, -0.2) is 15.9 Å². The molecule has 0 bridgehead atoms. The number of aryl methyl sites for hydroxylation is 1. The van der Waals surface area contributed by atoms with Gasteiger partial charge >= 0.3 is 6.18 Å². The van der Waals surface area contributed by atoms with Gasteiger partial charge in [-0.3, -0.25) is 4.79 Å². The lowest BCUT2D eigenvalue weighted by Gasteiger charge is -2.06. The highest BCUT2D eigenvalue weighted by Gasteiger charge is 2.31. The van der Waals surface area contributed by atoms with Crippen LogP contribution in [0.15, 0.2) is 48.5 Å². The normalized spacial score (nSPS) is 11.8. The number of carbonyl (C=O) groups excluding carboxylic acids is 1. The summed E-state index contributed by atoms with van der Waals surface area (Å²) in [6, 6.07) is 12.4. The van der Waals surface area contributed by atoms with Crippen molar-refractivity contribution < 1.29 is 23.1 Å². The molecule has 0 saturated carbocycles. The Bertz CT molecular complexity index is 882. The van der Waals surface area contributed by atoms with Gasteiger partial charge in [-0.1, -0.05) is 36.4 Å². The number of rotatable bonds is 4. The predicted octanol–water partition coefficient (Wildman–Crippen LogP) is 4.71. The number of alkyl halides is 3. The summed E-state index contributed by atoms with van der Waals surface area (Å²) in [6.45, 7) is 0. The predicted molar refractivity (Wildman–Crippen MR) is 84.1 cm³/mol. The summed E-state index contributed by atoms with van der Waals surface area (Å²) in [6.07, 6.45) is -3.83. The summed E-state index contributed by atoms with van der Waals surface area (Å²) in [5, 5.41) is 10.2. The molecule has 3 rings (SSSR count). The third-order valence-electron chi connectivity index (χ3n) is 3.87. The number of hydrogen-bond acceptors (Lipinski definition) is 2. The molecule has 124 valence electrons. The maximum absolute atomic E-state index is 12.7. The molecule has 1 heterocycles. The molecule has 0 atom stereocenters. The second kappa shape index (κ2) is 6.03. The molecular weight excluding hydrogens is 319 g/mol. The number of halogens is 3. The van der Waals surface area contributed by atoms with E-state index in [2.05, 4.69) is 4.98 Å². The number of ketones is 1. The Labute approximate surface area is 135 Å². The molecule has 2 N–H and O–H groups in total. The lowest BCUT2D eigenvalue weighted by Crippen LogP contribution is -2.04. The van der Waals surface area contributed by atoms with Gasteiger partial charge in [0.15, 0.2) is 5.78 Å². The summed E-state index contributed by atoms with van der Waals surface area (Å²) in [5.74, 6) is -0.718.